The lowest BCUT2D eigenvalue weighted by atomic mass is 10.1. The Labute approximate surface area is 206 Å². The van der Waals surface area contributed by atoms with Crippen molar-refractivity contribution in [2.24, 2.45) is 0 Å². The van der Waals surface area contributed by atoms with Crippen LogP contribution in [0.4, 0.5) is 5.69 Å². The second kappa shape index (κ2) is 11.2. The molecule has 4 rings (SSSR count). The van der Waals surface area contributed by atoms with E-state index in [1.165, 1.54) is 0 Å². The monoisotopic (exact) mass is 471 g/mol. The summed E-state index contributed by atoms with van der Waals surface area (Å²) in [6, 6.07) is 20.9. The van der Waals surface area contributed by atoms with Gasteiger partial charge in [0.1, 0.15) is 6.04 Å². The molecule has 1 aliphatic heterocycles. The summed E-state index contributed by atoms with van der Waals surface area (Å²) in [5, 5.41) is 4.97. The summed E-state index contributed by atoms with van der Waals surface area (Å²) in [7, 11) is 0. The van der Waals surface area contributed by atoms with Crippen molar-refractivity contribution in [2.75, 3.05) is 18.0 Å². The van der Waals surface area contributed by atoms with E-state index >= 15 is 0 Å². The summed E-state index contributed by atoms with van der Waals surface area (Å²) in [6.07, 6.45) is 2.16. The quantitative estimate of drug-likeness (QED) is 0.432. The third-order valence-electron chi connectivity index (χ3n) is 6.55. The topological polar surface area (TPSA) is 69.7 Å². The molecule has 0 fully saturated rings. The van der Waals surface area contributed by atoms with Crippen LogP contribution >= 0.6 is 0 Å². The third-order valence-corrected chi connectivity index (χ3v) is 6.55. The van der Waals surface area contributed by atoms with E-state index in [1.54, 1.807) is 9.80 Å². The predicted molar refractivity (Wildman–Crippen MR) is 139 cm³/mol. The van der Waals surface area contributed by atoms with Crippen LogP contribution in [0.5, 0.6) is 0 Å². The van der Waals surface area contributed by atoms with Gasteiger partial charge in [0.15, 0.2) is 0 Å². The molecule has 0 spiro atoms. The molecule has 0 saturated carbocycles. The lowest BCUT2D eigenvalue weighted by Gasteiger charge is -2.31. The van der Waals surface area contributed by atoms with Gasteiger partial charge < -0.3 is 15.1 Å². The number of carbonyl (C=O) groups excluding carboxylic acids is 3. The Bertz CT molecular complexity index is 1200. The fourth-order valence-electron chi connectivity index (χ4n) is 4.80. The average Bonchev–Trinajstić information content (AvgIpc) is 3.16. The third kappa shape index (κ3) is 5.21. The number of carbonyl (C=O) groups is 3. The van der Waals surface area contributed by atoms with E-state index in [1.807, 2.05) is 80.6 Å². The van der Waals surface area contributed by atoms with Gasteiger partial charge in [-0.05, 0) is 42.3 Å². The van der Waals surface area contributed by atoms with Crippen LogP contribution in [0, 0.1) is 0 Å². The van der Waals surface area contributed by atoms with Crippen molar-refractivity contribution in [3.63, 3.8) is 0 Å². The molecule has 0 saturated heterocycles. The molecule has 35 heavy (non-hydrogen) atoms. The van der Waals surface area contributed by atoms with Crippen LogP contribution in [0.3, 0.4) is 0 Å². The standard InChI is InChI=1S/C29H33N3O3/c1-3-18-30-28(34)24(4-2)32(20-21-11-6-5-7-12-21)26(33)17-10-19-31-25-16-9-14-22-13-8-15-23(27(22)25)29(31)35/h5-9,11-16,24H,3-4,10,17-20H2,1-2H3,(H,30,34). The van der Waals surface area contributed by atoms with Crippen molar-refractivity contribution in [2.45, 2.75) is 52.1 Å². The van der Waals surface area contributed by atoms with Gasteiger partial charge in [-0.2, -0.15) is 0 Å². The predicted octanol–water partition coefficient (Wildman–Crippen LogP) is 4.91. The Hall–Kier alpha value is -3.67. The van der Waals surface area contributed by atoms with E-state index in [-0.39, 0.29) is 24.1 Å². The van der Waals surface area contributed by atoms with E-state index in [0.717, 1.165) is 28.4 Å². The van der Waals surface area contributed by atoms with E-state index in [0.29, 0.717) is 38.0 Å². The molecule has 6 nitrogen and oxygen atoms in total. The molecular weight excluding hydrogens is 438 g/mol. The molecule has 0 radical (unpaired) electrons. The van der Waals surface area contributed by atoms with Crippen LogP contribution in [0.1, 0.15) is 55.5 Å². The Morgan fingerprint density at radius 1 is 0.971 bits per heavy atom. The Balaban J connectivity index is 1.46. The van der Waals surface area contributed by atoms with Gasteiger partial charge in [-0.1, -0.05) is 68.4 Å². The van der Waals surface area contributed by atoms with Crippen molar-refractivity contribution in [1.82, 2.24) is 10.2 Å². The van der Waals surface area contributed by atoms with Gasteiger partial charge in [0.05, 0.1) is 5.69 Å². The number of hydrogen-bond donors (Lipinski definition) is 1. The van der Waals surface area contributed by atoms with E-state index in [2.05, 4.69) is 5.32 Å². The number of amides is 3. The second-order valence-corrected chi connectivity index (χ2v) is 8.96. The smallest absolute Gasteiger partial charge is 0.258 e. The van der Waals surface area contributed by atoms with Crippen LogP contribution in [0.2, 0.25) is 0 Å². The Morgan fingerprint density at radius 2 is 1.71 bits per heavy atom. The van der Waals surface area contributed by atoms with Crippen LogP contribution in [0.25, 0.3) is 10.8 Å². The van der Waals surface area contributed by atoms with Gasteiger partial charge in [-0.3, -0.25) is 14.4 Å². The van der Waals surface area contributed by atoms with Crippen LogP contribution in [0.15, 0.2) is 66.7 Å². The summed E-state index contributed by atoms with van der Waals surface area (Å²) >= 11 is 0. The van der Waals surface area contributed by atoms with E-state index in [4.69, 9.17) is 0 Å². The summed E-state index contributed by atoms with van der Waals surface area (Å²) < 4.78 is 0. The van der Waals surface area contributed by atoms with E-state index < -0.39 is 6.04 Å². The van der Waals surface area contributed by atoms with Gasteiger partial charge in [0.25, 0.3) is 5.91 Å². The minimum atomic E-state index is -0.527. The lowest BCUT2D eigenvalue weighted by molar-refractivity contribution is -0.141. The zero-order valence-electron chi connectivity index (χ0n) is 20.5. The minimum Gasteiger partial charge on any atom is -0.354 e. The minimum absolute atomic E-state index is 0.0178. The highest BCUT2D eigenvalue weighted by Crippen LogP contribution is 2.37. The first-order chi connectivity index (χ1) is 17.0. The highest BCUT2D eigenvalue weighted by Gasteiger charge is 2.31. The molecule has 3 aromatic rings. The first-order valence-electron chi connectivity index (χ1n) is 12.5. The number of hydrogen-bond acceptors (Lipinski definition) is 3. The van der Waals surface area contributed by atoms with Crippen molar-refractivity contribution in [1.29, 1.82) is 0 Å². The molecule has 182 valence electrons. The summed E-state index contributed by atoms with van der Waals surface area (Å²) in [5.41, 5.74) is 2.61. The molecule has 3 aromatic carbocycles. The molecule has 1 N–H and O–H groups in total. The summed E-state index contributed by atoms with van der Waals surface area (Å²) in [6.45, 7) is 5.36. The Morgan fingerprint density at radius 3 is 2.43 bits per heavy atom. The second-order valence-electron chi connectivity index (χ2n) is 8.96. The first kappa shape index (κ1) is 24.5. The van der Waals surface area contributed by atoms with E-state index in [9.17, 15) is 14.4 Å². The average molecular weight is 472 g/mol. The maximum Gasteiger partial charge on any atom is 0.258 e. The van der Waals surface area contributed by atoms with Crippen molar-refractivity contribution in [3.05, 3.63) is 77.9 Å². The maximum absolute atomic E-state index is 13.4. The summed E-state index contributed by atoms with van der Waals surface area (Å²) in [5.74, 6) is -0.207. The molecule has 1 aliphatic rings. The fourth-order valence-corrected chi connectivity index (χ4v) is 4.80. The van der Waals surface area contributed by atoms with Gasteiger partial charge in [0, 0.05) is 37.0 Å². The van der Waals surface area contributed by atoms with Crippen LogP contribution < -0.4 is 10.2 Å². The molecule has 6 heteroatoms. The molecule has 3 amide bonds. The normalized spacial score (nSPS) is 13.2. The largest absolute Gasteiger partial charge is 0.354 e. The number of anilines is 1. The zero-order valence-corrected chi connectivity index (χ0v) is 20.5. The summed E-state index contributed by atoms with van der Waals surface area (Å²) in [4.78, 5) is 42.8. The van der Waals surface area contributed by atoms with Gasteiger partial charge in [0.2, 0.25) is 11.8 Å². The highest BCUT2D eigenvalue weighted by molar-refractivity contribution is 6.25. The highest BCUT2D eigenvalue weighted by atomic mass is 16.2. The molecular formula is C29H33N3O3. The fraction of sp³-hybridized carbons (Fsp3) is 0.345. The molecule has 0 aliphatic carbocycles. The SMILES string of the molecule is CCCNC(=O)C(CC)N(Cc1ccccc1)C(=O)CCCN1C(=O)c2cccc3cccc1c23. The molecule has 1 atom stereocenters. The van der Waals surface area contributed by atoms with Crippen LogP contribution in [-0.2, 0) is 16.1 Å². The molecule has 1 unspecified atom stereocenters. The molecule has 0 aromatic heterocycles. The Kier molecular flexibility index (Phi) is 7.80. The van der Waals surface area contributed by atoms with Gasteiger partial charge >= 0.3 is 0 Å². The first-order valence-corrected chi connectivity index (χ1v) is 12.5. The van der Waals surface area contributed by atoms with Crippen LogP contribution in [-0.4, -0.2) is 41.8 Å². The lowest BCUT2D eigenvalue weighted by Crippen LogP contribution is -2.49. The molecule has 1 heterocycles. The number of benzene rings is 3. The van der Waals surface area contributed by atoms with Crippen molar-refractivity contribution < 1.29 is 14.4 Å². The number of nitrogens with one attached hydrogen (secondary N) is 1. The maximum atomic E-state index is 13.4. The number of nitrogens with zero attached hydrogens (tertiary/aromatic N) is 2. The molecule has 0 bridgehead atoms. The van der Waals surface area contributed by atoms with Gasteiger partial charge in [-0.15, -0.1) is 0 Å². The zero-order chi connectivity index (χ0) is 24.8. The number of rotatable bonds is 11. The van der Waals surface area contributed by atoms with Gasteiger partial charge in [-0.25, -0.2) is 0 Å². The van der Waals surface area contributed by atoms with Crippen molar-refractivity contribution >= 4 is 34.2 Å². The van der Waals surface area contributed by atoms with Crippen molar-refractivity contribution in [3.8, 4) is 0 Å².